The first-order valence-electron chi connectivity index (χ1n) is 4.80. The van der Waals surface area contributed by atoms with E-state index in [0.717, 1.165) is 0 Å². The molecule has 0 heterocycles. The average Bonchev–Trinajstić information content (AvgIpc) is 2.25. The molecule has 2 amide bonds. The normalized spacial score (nSPS) is 13.9. The molecule has 3 N–H and O–H groups in total. The number of carbonyl (C=O) groups excluding carboxylic acids is 1. The molecule has 0 aromatic heterocycles. The fourth-order valence-corrected chi connectivity index (χ4v) is 0.870. The number of carbonyl (C=O) groups is 2. The maximum atomic E-state index is 11.3. The third-order valence-corrected chi connectivity index (χ3v) is 1.89. The summed E-state index contributed by atoms with van der Waals surface area (Å²) in [5.41, 5.74) is 0. The Kier molecular flexibility index (Phi) is 7.23. The zero-order valence-electron chi connectivity index (χ0n) is 9.65. The lowest BCUT2D eigenvalue weighted by Crippen LogP contribution is -2.49. The summed E-state index contributed by atoms with van der Waals surface area (Å²) in [7, 11) is 2.89. The van der Waals surface area contributed by atoms with Gasteiger partial charge in [-0.3, -0.25) is 0 Å². The van der Waals surface area contributed by atoms with Gasteiger partial charge in [-0.25, -0.2) is 9.59 Å². The second-order valence-electron chi connectivity index (χ2n) is 3.25. The standard InChI is InChI=1S/C9H18N2O5/c1-6(16-3)4-10-9(14)11-7(5-15-2)8(12)13/h6-7H,4-5H2,1-3H3,(H,12,13)(H2,10,11,14). The predicted molar refractivity (Wildman–Crippen MR) is 56.3 cm³/mol. The second kappa shape index (κ2) is 7.89. The number of urea groups is 1. The molecule has 7 heteroatoms. The van der Waals surface area contributed by atoms with Crippen LogP contribution in [0.1, 0.15) is 6.92 Å². The molecule has 0 rings (SSSR count). The van der Waals surface area contributed by atoms with Gasteiger partial charge in [-0.2, -0.15) is 0 Å². The number of aliphatic carboxylic acids is 1. The van der Waals surface area contributed by atoms with Gasteiger partial charge in [-0.1, -0.05) is 0 Å². The summed E-state index contributed by atoms with van der Waals surface area (Å²) >= 11 is 0. The Morgan fingerprint density at radius 3 is 2.44 bits per heavy atom. The maximum Gasteiger partial charge on any atom is 0.328 e. The van der Waals surface area contributed by atoms with Gasteiger partial charge in [0.25, 0.3) is 0 Å². The van der Waals surface area contributed by atoms with Gasteiger partial charge in [0, 0.05) is 20.8 Å². The zero-order chi connectivity index (χ0) is 12.6. The van der Waals surface area contributed by atoms with Crippen molar-refractivity contribution >= 4 is 12.0 Å². The fraction of sp³-hybridized carbons (Fsp3) is 0.778. The van der Waals surface area contributed by atoms with Gasteiger partial charge in [0.15, 0.2) is 6.04 Å². The first kappa shape index (κ1) is 14.7. The van der Waals surface area contributed by atoms with Crippen molar-refractivity contribution in [3.63, 3.8) is 0 Å². The van der Waals surface area contributed by atoms with E-state index >= 15 is 0 Å². The van der Waals surface area contributed by atoms with Crippen LogP contribution in [-0.2, 0) is 14.3 Å². The number of methoxy groups -OCH3 is 2. The molecule has 0 aromatic carbocycles. The topological polar surface area (TPSA) is 96.9 Å². The monoisotopic (exact) mass is 234 g/mol. The van der Waals surface area contributed by atoms with Gasteiger partial charge < -0.3 is 25.2 Å². The first-order valence-corrected chi connectivity index (χ1v) is 4.80. The Balaban J connectivity index is 3.95. The highest BCUT2D eigenvalue weighted by Gasteiger charge is 2.19. The van der Waals surface area contributed by atoms with Crippen molar-refractivity contribution in [2.45, 2.75) is 19.1 Å². The molecule has 0 aliphatic rings. The molecule has 0 radical (unpaired) electrons. The van der Waals surface area contributed by atoms with Crippen molar-refractivity contribution < 1.29 is 24.2 Å². The van der Waals surface area contributed by atoms with Gasteiger partial charge in [-0.15, -0.1) is 0 Å². The SMILES string of the molecule is COCC(NC(=O)NCC(C)OC)C(=O)O. The maximum absolute atomic E-state index is 11.3. The molecule has 16 heavy (non-hydrogen) atoms. The quantitative estimate of drug-likeness (QED) is 0.547. The predicted octanol–water partition coefficient (Wildman–Crippen LogP) is -0.580. The molecule has 0 saturated carbocycles. The summed E-state index contributed by atoms with van der Waals surface area (Å²) in [6.45, 7) is 2.01. The van der Waals surface area contributed by atoms with Crippen LogP contribution < -0.4 is 10.6 Å². The molecule has 0 aliphatic heterocycles. The van der Waals surface area contributed by atoms with E-state index in [1.807, 2.05) is 0 Å². The summed E-state index contributed by atoms with van der Waals surface area (Å²) in [4.78, 5) is 21.9. The van der Waals surface area contributed by atoms with E-state index in [0.29, 0.717) is 6.54 Å². The summed E-state index contributed by atoms with van der Waals surface area (Å²) in [5, 5.41) is 13.5. The van der Waals surface area contributed by atoms with Crippen LogP contribution in [0, 0.1) is 0 Å². The lowest BCUT2D eigenvalue weighted by Gasteiger charge is -2.15. The lowest BCUT2D eigenvalue weighted by molar-refractivity contribution is -0.140. The molecule has 94 valence electrons. The average molecular weight is 234 g/mol. The minimum Gasteiger partial charge on any atom is -0.480 e. The largest absolute Gasteiger partial charge is 0.480 e. The Morgan fingerprint density at radius 1 is 1.38 bits per heavy atom. The molecule has 2 unspecified atom stereocenters. The van der Waals surface area contributed by atoms with E-state index in [2.05, 4.69) is 15.4 Å². The van der Waals surface area contributed by atoms with Crippen LogP contribution in [-0.4, -0.2) is 56.6 Å². The number of hydrogen-bond acceptors (Lipinski definition) is 4. The van der Waals surface area contributed by atoms with Crippen LogP contribution in [0.25, 0.3) is 0 Å². The molecular formula is C9H18N2O5. The number of rotatable bonds is 7. The van der Waals surface area contributed by atoms with E-state index in [1.165, 1.54) is 14.2 Å². The summed E-state index contributed by atoms with van der Waals surface area (Å²) in [5.74, 6) is -1.14. The smallest absolute Gasteiger partial charge is 0.328 e. The van der Waals surface area contributed by atoms with Crippen LogP contribution in [0.3, 0.4) is 0 Å². The third-order valence-electron chi connectivity index (χ3n) is 1.89. The van der Waals surface area contributed by atoms with Crippen LogP contribution in [0.2, 0.25) is 0 Å². The molecule has 2 atom stereocenters. The molecule has 0 aromatic rings. The molecule has 0 aliphatic carbocycles. The van der Waals surface area contributed by atoms with Gasteiger partial charge in [0.1, 0.15) is 0 Å². The van der Waals surface area contributed by atoms with E-state index in [1.54, 1.807) is 6.92 Å². The molecule has 0 fully saturated rings. The van der Waals surface area contributed by atoms with Crippen molar-refractivity contribution in [3.8, 4) is 0 Å². The number of amides is 2. The number of carboxylic acid groups (broad SMARTS) is 1. The molecule has 0 spiro atoms. The molecule has 0 bridgehead atoms. The molecule has 0 saturated heterocycles. The molecule has 7 nitrogen and oxygen atoms in total. The van der Waals surface area contributed by atoms with Gasteiger partial charge in [-0.05, 0) is 6.92 Å². The second-order valence-corrected chi connectivity index (χ2v) is 3.25. The van der Waals surface area contributed by atoms with Crippen molar-refractivity contribution in [1.29, 1.82) is 0 Å². The minimum absolute atomic E-state index is 0.0808. The molecular weight excluding hydrogens is 216 g/mol. The number of ether oxygens (including phenoxy) is 2. The van der Waals surface area contributed by atoms with Crippen molar-refractivity contribution in [1.82, 2.24) is 10.6 Å². The number of nitrogens with one attached hydrogen (secondary N) is 2. The van der Waals surface area contributed by atoms with E-state index < -0.39 is 18.0 Å². The minimum atomic E-state index is -1.14. The van der Waals surface area contributed by atoms with E-state index in [9.17, 15) is 9.59 Å². The number of hydrogen-bond donors (Lipinski definition) is 3. The Labute approximate surface area is 94.1 Å². The highest BCUT2D eigenvalue weighted by molar-refractivity contribution is 5.82. The lowest BCUT2D eigenvalue weighted by atomic mass is 10.3. The van der Waals surface area contributed by atoms with Gasteiger partial charge in [0.05, 0.1) is 12.7 Å². The number of carboxylic acids is 1. The third kappa shape index (κ3) is 6.20. The van der Waals surface area contributed by atoms with Crippen LogP contribution in [0.15, 0.2) is 0 Å². The van der Waals surface area contributed by atoms with Gasteiger partial charge in [0.2, 0.25) is 0 Å². The van der Waals surface area contributed by atoms with Crippen LogP contribution >= 0.6 is 0 Å². The van der Waals surface area contributed by atoms with E-state index in [-0.39, 0.29) is 12.7 Å². The fourth-order valence-electron chi connectivity index (χ4n) is 0.870. The van der Waals surface area contributed by atoms with Crippen molar-refractivity contribution in [2.24, 2.45) is 0 Å². The van der Waals surface area contributed by atoms with Crippen molar-refractivity contribution in [3.05, 3.63) is 0 Å². The highest BCUT2D eigenvalue weighted by atomic mass is 16.5. The summed E-state index contributed by atoms with van der Waals surface area (Å²) in [6, 6.07) is -1.61. The van der Waals surface area contributed by atoms with Crippen LogP contribution in [0.5, 0.6) is 0 Å². The first-order chi connectivity index (χ1) is 7.51. The Hall–Kier alpha value is -1.34. The zero-order valence-corrected chi connectivity index (χ0v) is 9.65. The summed E-state index contributed by atoms with van der Waals surface area (Å²) in [6.07, 6.45) is -0.128. The highest BCUT2D eigenvalue weighted by Crippen LogP contribution is 1.87. The summed E-state index contributed by atoms with van der Waals surface area (Å²) < 4.78 is 9.58. The van der Waals surface area contributed by atoms with Crippen molar-refractivity contribution in [2.75, 3.05) is 27.4 Å². The van der Waals surface area contributed by atoms with Crippen LogP contribution in [0.4, 0.5) is 4.79 Å². The Morgan fingerprint density at radius 2 is 2.00 bits per heavy atom. The van der Waals surface area contributed by atoms with E-state index in [4.69, 9.17) is 9.84 Å². The Bertz CT molecular complexity index is 234. The van der Waals surface area contributed by atoms with Gasteiger partial charge >= 0.3 is 12.0 Å².